The van der Waals surface area contributed by atoms with Gasteiger partial charge in [-0.15, -0.1) is 0 Å². The van der Waals surface area contributed by atoms with Gasteiger partial charge in [-0.25, -0.2) is 9.97 Å². The van der Waals surface area contributed by atoms with Crippen molar-refractivity contribution >= 4 is 22.7 Å². The van der Waals surface area contributed by atoms with Gasteiger partial charge in [0.2, 0.25) is 0 Å². The molecule has 13 heteroatoms. The Morgan fingerprint density at radius 1 is 1.02 bits per heavy atom. The number of hydrogen-bond acceptors (Lipinski definition) is 10. The molecule has 5 aromatic heterocycles. The van der Waals surface area contributed by atoms with Crippen LogP contribution in [0.2, 0.25) is 0 Å². The Labute approximate surface area is 290 Å². The molecule has 7 rings (SSSR count). The first-order valence-corrected chi connectivity index (χ1v) is 16.9. The van der Waals surface area contributed by atoms with E-state index in [2.05, 4.69) is 34.0 Å². The fourth-order valence-corrected chi connectivity index (χ4v) is 7.54. The van der Waals surface area contributed by atoms with Crippen molar-refractivity contribution in [3.05, 3.63) is 98.8 Å². The lowest BCUT2D eigenvalue weighted by Crippen LogP contribution is -2.61. The highest BCUT2D eigenvalue weighted by Gasteiger charge is 2.36. The number of aliphatic hydroxyl groups excluding tert-OH is 1. The maximum Gasteiger partial charge on any atom is 0.280 e. The van der Waals surface area contributed by atoms with E-state index in [4.69, 9.17) is 4.74 Å². The van der Waals surface area contributed by atoms with Crippen molar-refractivity contribution in [2.24, 2.45) is 12.5 Å². The lowest BCUT2D eigenvalue weighted by molar-refractivity contribution is -0.0116. The summed E-state index contributed by atoms with van der Waals surface area (Å²) in [6.07, 6.45) is 10.4. The van der Waals surface area contributed by atoms with E-state index in [0.717, 1.165) is 37.3 Å². The molecule has 1 aliphatic heterocycles. The third kappa shape index (κ3) is 6.10. The normalized spacial score (nSPS) is 18.9. The Balaban J connectivity index is 1.17. The highest BCUT2D eigenvalue weighted by Crippen LogP contribution is 2.37. The molecule has 0 spiro atoms. The second kappa shape index (κ2) is 12.8. The molecular formula is C37H44N8O5. The molecule has 0 amide bonds. The van der Waals surface area contributed by atoms with E-state index in [-0.39, 0.29) is 28.8 Å². The first-order chi connectivity index (χ1) is 23.9. The molecule has 0 unspecified atom stereocenters. The number of nitrogens with zero attached hydrogens (tertiary/aromatic N) is 7. The number of aliphatic hydroxyl groups is 2. The SMILES string of the molecule is COCCN1CCN(c2ccc(Nc3cc(-c4ccnc(-n5ccn6c7c(cc6c5=O)CC(C)(C)C7)c4CO)cn(C)c3=O)nc2)[C@@](C)(O)C1. The fourth-order valence-electron chi connectivity index (χ4n) is 7.54. The minimum Gasteiger partial charge on any atom is -0.392 e. The maximum absolute atomic E-state index is 13.8. The maximum atomic E-state index is 13.8. The zero-order valence-corrected chi connectivity index (χ0v) is 29.2. The number of anilines is 3. The first-order valence-electron chi connectivity index (χ1n) is 16.9. The smallest absolute Gasteiger partial charge is 0.280 e. The van der Waals surface area contributed by atoms with E-state index in [1.165, 1.54) is 14.7 Å². The molecule has 2 aliphatic rings. The van der Waals surface area contributed by atoms with E-state index in [9.17, 15) is 19.8 Å². The monoisotopic (exact) mass is 680 g/mol. The van der Waals surface area contributed by atoms with Crippen LogP contribution < -0.4 is 21.3 Å². The van der Waals surface area contributed by atoms with E-state index in [1.807, 2.05) is 27.6 Å². The first kappa shape index (κ1) is 33.7. The molecule has 0 bridgehead atoms. The highest BCUT2D eigenvalue weighted by molar-refractivity contribution is 5.73. The lowest BCUT2D eigenvalue weighted by atomic mass is 9.90. The van der Waals surface area contributed by atoms with Crippen LogP contribution >= 0.6 is 0 Å². The lowest BCUT2D eigenvalue weighted by Gasteiger charge is -2.46. The van der Waals surface area contributed by atoms with Crippen molar-refractivity contribution in [1.82, 2.24) is 28.4 Å². The topological polar surface area (TPSA) is 142 Å². The number of fused-ring (bicyclic) bond motifs is 3. The van der Waals surface area contributed by atoms with Crippen LogP contribution in [0.3, 0.4) is 0 Å². The van der Waals surface area contributed by atoms with Crippen LogP contribution in [0, 0.1) is 5.41 Å². The van der Waals surface area contributed by atoms with E-state index >= 15 is 0 Å². The quantitative estimate of drug-likeness (QED) is 0.213. The summed E-state index contributed by atoms with van der Waals surface area (Å²) in [5.74, 6) is 0.789. The van der Waals surface area contributed by atoms with Crippen LogP contribution in [0.15, 0.2) is 70.9 Å². The second-order valence-corrected chi connectivity index (χ2v) is 14.4. The molecule has 1 aliphatic carbocycles. The number of methoxy groups -OCH3 is 1. The third-order valence-electron chi connectivity index (χ3n) is 9.94. The number of β-amino-alcohol motifs (C(OH)–C–C–N with tert-alkyl or cyclic N) is 1. The molecule has 6 heterocycles. The average molecular weight is 681 g/mol. The van der Waals surface area contributed by atoms with E-state index in [0.29, 0.717) is 53.5 Å². The van der Waals surface area contributed by atoms with Crippen LogP contribution in [0.25, 0.3) is 22.5 Å². The van der Waals surface area contributed by atoms with E-state index in [1.54, 1.807) is 64.1 Å². The molecule has 50 heavy (non-hydrogen) atoms. The number of piperazine rings is 1. The molecular weight excluding hydrogens is 636 g/mol. The van der Waals surface area contributed by atoms with Gasteiger partial charge in [0.25, 0.3) is 11.1 Å². The minimum atomic E-state index is -1.09. The van der Waals surface area contributed by atoms with Crippen LogP contribution in [-0.2, 0) is 31.2 Å². The van der Waals surface area contributed by atoms with Crippen LogP contribution in [0.1, 0.15) is 37.6 Å². The molecule has 3 N–H and O–H groups in total. The summed E-state index contributed by atoms with van der Waals surface area (Å²) in [5.41, 5.74) is 4.32. The molecule has 1 saturated heterocycles. The van der Waals surface area contributed by atoms with Crippen LogP contribution in [-0.4, -0.2) is 84.2 Å². The summed E-state index contributed by atoms with van der Waals surface area (Å²) in [7, 11) is 3.33. The van der Waals surface area contributed by atoms with Gasteiger partial charge in [0.05, 0.1) is 25.1 Å². The molecule has 262 valence electrons. The predicted octanol–water partition coefficient (Wildman–Crippen LogP) is 3.08. The summed E-state index contributed by atoms with van der Waals surface area (Å²) in [4.78, 5) is 40.3. The standard InChI is InChI=1S/C37H44N8O5/c1-36(2)18-24-17-30-35(48)44(12-11-43(30)31(24)19-36)33-28(22-46)27(8-9-38-33)25-16-29(34(47)41(4)21-25)40-32-7-6-26(20-39-32)45-13-10-42(14-15-50-5)23-37(45,3)49/h6-9,11-12,16-17,20-21,46,49H,10,13-15,18-19,22-23H2,1-5H3,(H,39,40)/t37-/m0/s1. The van der Waals surface area contributed by atoms with Crippen LogP contribution in [0.5, 0.6) is 0 Å². The number of nitrogens with one attached hydrogen (secondary N) is 1. The van der Waals surface area contributed by atoms with E-state index < -0.39 is 5.72 Å². The van der Waals surface area contributed by atoms with Crippen molar-refractivity contribution in [2.45, 2.75) is 45.9 Å². The Hall–Kier alpha value is -4.82. The molecule has 5 aromatic rings. The van der Waals surface area contributed by atoms with Gasteiger partial charge >= 0.3 is 0 Å². The Morgan fingerprint density at radius 2 is 1.84 bits per heavy atom. The Morgan fingerprint density at radius 3 is 2.56 bits per heavy atom. The summed E-state index contributed by atoms with van der Waals surface area (Å²) in [6, 6.07) is 9.11. The van der Waals surface area contributed by atoms with Crippen molar-refractivity contribution in [1.29, 1.82) is 0 Å². The number of ether oxygens (including phenoxy) is 1. The average Bonchev–Trinajstić information content (AvgIpc) is 3.57. The number of pyridine rings is 3. The molecule has 0 saturated carbocycles. The number of hydrogen-bond donors (Lipinski definition) is 3. The summed E-state index contributed by atoms with van der Waals surface area (Å²) in [6.45, 7) is 9.12. The Bertz CT molecular complexity index is 2180. The predicted molar refractivity (Wildman–Crippen MR) is 192 cm³/mol. The van der Waals surface area contributed by atoms with Gasteiger partial charge in [0.15, 0.2) is 0 Å². The van der Waals surface area contributed by atoms with Crippen molar-refractivity contribution < 1.29 is 14.9 Å². The molecule has 13 nitrogen and oxygen atoms in total. The van der Waals surface area contributed by atoms with Crippen molar-refractivity contribution in [2.75, 3.05) is 50.1 Å². The number of rotatable bonds is 9. The zero-order valence-electron chi connectivity index (χ0n) is 29.2. The van der Waals surface area contributed by atoms with Gasteiger partial charge in [0.1, 0.15) is 28.6 Å². The third-order valence-corrected chi connectivity index (χ3v) is 9.94. The number of aromatic nitrogens is 5. The van der Waals surface area contributed by atoms with Crippen molar-refractivity contribution in [3.8, 4) is 16.9 Å². The molecule has 0 aromatic carbocycles. The largest absolute Gasteiger partial charge is 0.392 e. The Kier molecular flexibility index (Phi) is 8.63. The minimum absolute atomic E-state index is 0.159. The van der Waals surface area contributed by atoms with Gasteiger partial charge in [-0.2, -0.15) is 0 Å². The van der Waals surface area contributed by atoms with Gasteiger partial charge in [-0.05, 0) is 66.6 Å². The second-order valence-electron chi connectivity index (χ2n) is 14.4. The molecule has 0 radical (unpaired) electrons. The fraction of sp³-hybridized carbons (Fsp3) is 0.405. The zero-order chi connectivity index (χ0) is 35.4. The summed E-state index contributed by atoms with van der Waals surface area (Å²) >= 11 is 0. The van der Waals surface area contributed by atoms with Gasteiger partial charge in [0, 0.05) is 81.9 Å². The van der Waals surface area contributed by atoms with Gasteiger partial charge < -0.3 is 34.1 Å². The number of aryl methyl sites for hydroxylation is 1. The van der Waals surface area contributed by atoms with Crippen LogP contribution in [0.4, 0.5) is 17.2 Å². The summed E-state index contributed by atoms with van der Waals surface area (Å²) < 4.78 is 10.1. The highest BCUT2D eigenvalue weighted by atomic mass is 16.5. The van der Waals surface area contributed by atoms with Crippen molar-refractivity contribution in [3.63, 3.8) is 0 Å². The molecule has 1 atom stereocenters. The van der Waals surface area contributed by atoms with Gasteiger partial charge in [-0.3, -0.25) is 19.1 Å². The summed E-state index contributed by atoms with van der Waals surface area (Å²) in [5, 5.41) is 25.0. The van der Waals surface area contributed by atoms with Gasteiger partial charge in [-0.1, -0.05) is 13.8 Å². The molecule has 1 fully saturated rings.